The Morgan fingerprint density at radius 1 is 0.970 bits per heavy atom. The van der Waals surface area contributed by atoms with Gasteiger partial charge in [-0.15, -0.1) is 0 Å². The SMILES string of the molecule is Cc1cnc(Nc2ccc(N3CCN(C)CC3)c(F)c2)nc1Nc1cccc(C2(C)CC2)c1. The van der Waals surface area contributed by atoms with Crippen LogP contribution in [0.25, 0.3) is 0 Å². The lowest BCUT2D eigenvalue weighted by molar-refractivity contribution is 0.311. The van der Waals surface area contributed by atoms with Crippen LogP contribution in [0.3, 0.4) is 0 Å². The molecule has 0 amide bonds. The lowest BCUT2D eigenvalue weighted by atomic mass is 9.98. The molecule has 7 heteroatoms. The predicted octanol–water partition coefficient (Wildman–Crippen LogP) is 5.21. The summed E-state index contributed by atoms with van der Waals surface area (Å²) in [5.41, 5.74) is 4.89. The highest BCUT2D eigenvalue weighted by atomic mass is 19.1. The number of likely N-dealkylation sites (N-methyl/N-ethyl adjacent to an activating group) is 1. The van der Waals surface area contributed by atoms with E-state index in [1.807, 2.05) is 19.1 Å². The molecule has 0 bridgehead atoms. The van der Waals surface area contributed by atoms with E-state index in [0.29, 0.717) is 22.7 Å². The highest BCUT2D eigenvalue weighted by molar-refractivity contribution is 5.64. The first-order valence-corrected chi connectivity index (χ1v) is 11.6. The maximum atomic E-state index is 14.9. The number of hydrogen-bond acceptors (Lipinski definition) is 6. The molecule has 0 atom stereocenters. The van der Waals surface area contributed by atoms with Gasteiger partial charge in [0.05, 0.1) is 5.69 Å². The van der Waals surface area contributed by atoms with Gasteiger partial charge < -0.3 is 20.4 Å². The zero-order valence-corrected chi connectivity index (χ0v) is 19.5. The summed E-state index contributed by atoms with van der Waals surface area (Å²) in [4.78, 5) is 13.4. The van der Waals surface area contributed by atoms with Crippen LogP contribution in [0.1, 0.15) is 30.9 Å². The summed E-state index contributed by atoms with van der Waals surface area (Å²) < 4.78 is 14.9. The molecule has 1 aromatic heterocycles. The molecule has 3 aromatic rings. The lowest BCUT2D eigenvalue weighted by Gasteiger charge is -2.34. The third-order valence-corrected chi connectivity index (χ3v) is 6.84. The summed E-state index contributed by atoms with van der Waals surface area (Å²) in [6.45, 7) is 7.82. The number of piperazine rings is 1. The van der Waals surface area contributed by atoms with Crippen LogP contribution in [-0.2, 0) is 5.41 Å². The van der Waals surface area contributed by atoms with Crippen molar-refractivity contribution in [2.75, 3.05) is 48.8 Å². The van der Waals surface area contributed by atoms with E-state index in [9.17, 15) is 4.39 Å². The van der Waals surface area contributed by atoms with Gasteiger partial charge in [-0.25, -0.2) is 9.37 Å². The van der Waals surface area contributed by atoms with Crippen LogP contribution >= 0.6 is 0 Å². The Hall–Kier alpha value is -3.19. The third-order valence-electron chi connectivity index (χ3n) is 6.84. The molecule has 0 spiro atoms. The minimum absolute atomic E-state index is 0.236. The largest absolute Gasteiger partial charge is 0.367 e. The third kappa shape index (κ3) is 4.78. The number of aryl methyl sites for hydroxylation is 1. The van der Waals surface area contributed by atoms with E-state index >= 15 is 0 Å². The van der Waals surface area contributed by atoms with Gasteiger partial charge in [0.1, 0.15) is 11.6 Å². The van der Waals surface area contributed by atoms with Crippen molar-refractivity contribution in [3.05, 3.63) is 65.6 Å². The lowest BCUT2D eigenvalue weighted by Crippen LogP contribution is -2.44. The van der Waals surface area contributed by atoms with Gasteiger partial charge in [0.2, 0.25) is 5.95 Å². The van der Waals surface area contributed by atoms with Crippen LogP contribution in [0, 0.1) is 12.7 Å². The molecule has 5 rings (SSSR count). The number of aromatic nitrogens is 2. The minimum Gasteiger partial charge on any atom is -0.367 e. The van der Waals surface area contributed by atoms with Gasteiger partial charge >= 0.3 is 0 Å². The first-order valence-electron chi connectivity index (χ1n) is 11.6. The van der Waals surface area contributed by atoms with Crippen LogP contribution < -0.4 is 15.5 Å². The second kappa shape index (κ2) is 8.63. The number of hydrogen-bond donors (Lipinski definition) is 2. The maximum absolute atomic E-state index is 14.9. The average Bonchev–Trinajstić information content (AvgIpc) is 3.56. The van der Waals surface area contributed by atoms with E-state index in [0.717, 1.165) is 43.2 Å². The summed E-state index contributed by atoms with van der Waals surface area (Å²) in [7, 11) is 2.09. The van der Waals surface area contributed by atoms with Gasteiger partial charge in [-0.05, 0) is 68.1 Å². The first-order chi connectivity index (χ1) is 15.9. The van der Waals surface area contributed by atoms with Crippen molar-refractivity contribution in [2.45, 2.75) is 32.1 Å². The molecule has 1 saturated heterocycles. The van der Waals surface area contributed by atoms with E-state index in [1.165, 1.54) is 24.5 Å². The number of halogens is 1. The minimum atomic E-state index is -0.236. The molecule has 0 unspecified atom stereocenters. The summed E-state index contributed by atoms with van der Waals surface area (Å²) in [6.07, 6.45) is 4.25. The van der Waals surface area contributed by atoms with Crippen molar-refractivity contribution in [1.29, 1.82) is 0 Å². The molecule has 0 radical (unpaired) electrons. The number of nitrogens with zero attached hydrogens (tertiary/aromatic N) is 4. The van der Waals surface area contributed by atoms with Crippen molar-refractivity contribution < 1.29 is 4.39 Å². The first kappa shape index (κ1) is 21.6. The van der Waals surface area contributed by atoms with E-state index in [4.69, 9.17) is 0 Å². The molecule has 2 aromatic carbocycles. The fourth-order valence-electron chi connectivity index (χ4n) is 4.23. The maximum Gasteiger partial charge on any atom is 0.229 e. The highest BCUT2D eigenvalue weighted by Gasteiger charge is 2.38. The predicted molar refractivity (Wildman–Crippen MR) is 132 cm³/mol. The zero-order valence-electron chi connectivity index (χ0n) is 19.5. The normalized spacial score (nSPS) is 17.6. The monoisotopic (exact) mass is 446 g/mol. The van der Waals surface area contributed by atoms with Crippen molar-refractivity contribution in [3.8, 4) is 0 Å². The van der Waals surface area contributed by atoms with Gasteiger partial charge in [-0.1, -0.05) is 19.1 Å². The van der Waals surface area contributed by atoms with Gasteiger partial charge in [0, 0.05) is 49.3 Å². The standard InChI is InChI=1S/C26H31FN6/c1-18-17-28-25(31-24(18)29-20-6-4-5-19(15-20)26(2)9-10-26)30-21-7-8-23(22(27)16-21)33-13-11-32(3)12-14-33/h4-8,15-17H,9-14H2,1-3H3,(H2,28,29,30,31). The fraction of sp³-hybridized carbons (Fsp3) is 0.385. The molecule has 2 fully saturated rings. The second-order valence-electron chi connectivity index (χ2n) is 9.57. The van der Waals surface area contributed by atoms with Crippen molar-refractivity contribution in [2.24, 2.45) is 0 Å². The Morgan fingerprint density at radius 3 is 2.45 bits per heavy atom. The van der Waals surface area contributed by atoms with E-state index in [2.05, 4.69) is 68.6 Å². The Labute approximate surface area is 194 Å². The molecular formula is C26H31FN6. The summed E-state index contributed by atoms with van der Waals surface area (Å²) >= 11 is 0. The average molecular weight is 447 g/mol. The van der Waals surface area contributed by atoms with Crippen LogP contribution in [0.2, 0.25) is 0 Å². The Balaban J connectivity index is 1.31. The molecule has 1 aliphatic heterocycles. The van der Waals surface area contributed by atoms with Crippen LogP contribution in [0.15, 0.2) is 48.7 Å². The number of rotatable bonds is 6. The fourth-order valence-corrected chi connectivity index (χ4v) is 4.23. The highest BCUT2D eigenvalue weighted by Crippen LogP contribution is 2.48. The topological polar surface area (TPSA) is 56.3 Å². The van der Waals surface area contributed by atoms with E-state index in [-0.39, 0.29) is 5.82 Å². The van der Waals surface area contributed by atoms with Crippen LogP contribution in [-0.4, -0.2) is 48.1 Å². The molecule has 172 valence electrons. The van der Waals surface area contributed by atoms with Crippen molar-refractivity contribution >= 4 is 28.8 Å². The zero-order chi connectivity index (χ0) is 23.0. The molecule has 6 nitrogen and oxygen atoms in total. The molecule has 1 saturated carbocycles. The van der Waals surface area contributed by atoms with Crippen molar-refractivity contribution in [3.63, 3.8) is 0 Å². The number of benzene rings is 2. The Bertz CT molecular complexity index is 1150. The summed E-state index contributed by atoms with van der Waals surface area (Å²) in [6, 6.07) is 13.8. The van der Waals surface area contributed by atoms with Crippen LogP contribution in [0.5, 0.6) is 0 Å². The smallest absolute Gasteiger partial charge is 0.229 e. The molecule has 2 aliphatic rings. The number of nitrogens with one attached hydrogen (secondary N) is 2. The van der Waals surface area contributed by atoms with Crippen molar-refractivity contribution in [1.82, 2.24) is 14.9 Å². The molecule has 1 aliphatic carbocycles. The summed E-state index contributed by atoms with van der Waals surface area (Å²) in [5, 5.41) is 6.58. The van der Waals surface area contributed by atoms with Gasteiger partial charge in [-0.3, -0.25) is 0 Å². The van der Waals surface area contributed by atoms with Gasteiger partial charge in [0.25, 0.3) is 0 Å². The van der Waals surface area contributed by atoms with Gasteiger partial charge in [-0.2, -0.15) is 4.98 Å². The quantitative estimate of drug-likeness (QED) is 0.542. The van der Waals surface area contributed by atoms with Gasteiger partial charge in [0.15, 0.2) is 0 Å². The molecule has 2 heterocycles. The number of anilines is 5. The molecule has 33 heavy (non-hydrogen) atoms. The van der Waals surface area contributed by atoms with Crippen LogP contribution in [0.4, 0.5) is 33.2 Å². The second-order valence-corrected chi connectivity index (χ2v) is 9.57. The summed E-state index contributed by atoms with van der Waals surface area (Å²) in [5.74, 6) is 0.931. The van der Waals surface area contributed by atoms with E-state index in [1.54, 1.807) is 6.20 Å². The molecular weight excluding hydrogens is 415 g/mol. The molecule has 2 N–H and O–H groups in total. The Morgan fingerprint density at radius 2 is 1.73 bits per heavy atom. The Kier molecular flexibility index (Phi) is 5.66. The van der Waals surface area contributed by atoms with E-state index < -0.39 is 0 Å².